The Bertz CT molecular complexity index is 819. The number of aryl methyl sites for hydroxylation is 4. The van der Waals surface area contributed by atoms with Crippen LogP contribution in [0.4, 0.5) is 0 Å². The SMILES string of the molecule is Cc1ccc(C(=O)NC(C(=O)NCCCc2nc3c(s2)CCCC3)C(C)C)cc1. The molecular weight excluding hydrogens is 382 g/mol. The molecule has 0 radical (unpaired) electrons. The summed E-state index contributed by atoms with van der Waals surface area (Å²) in [5, 5.41) is 7.05. The minimum Gasteiger partial charge on any atom is -0.354 e. The highest BCUT2D eigenvalue weighted by Crippen LogP contribution is 2.27. The first kappa shape index (κ1) is 21.5. The summed E-state index contributed by atoms with van der Waals surface area (Å²) in [5.74, 6) is -0.332. The van der Waals surface area contributed by atoms with Crippen LogP contribution >= 0.6 is 11.3 Å². The molecular formula is C23H31N3O2S. The maximum absolute atomic E-state index is 12.6. The lowest BCUT2D eigenvalue weighted by molar-refractivity contribution is -0.123. The van der Waals surface area contributed by atoms with E-state index >= 15 is 0 Å². The van der Waals surface area contributed by atoms with Crippen LogP contribution in [0.25, 0.3) is 0 Å². The van der Waals surface area contributed by atoms with Gasteiger partial charge in [0.25, 0.3) is 5.91 Å². The van der Waals surface area contributed by atoms with Crippen LogP contribution in [0.2, 0.25) is 0 Å². The Balaban J connectivity index is 1.47. The molecule has 3 rings (SSSR count). The van der Waals surface area contributed by atoms with Crippen LogP contribution in [0.5, 0.6) is 0 Å². The summed E-state index contributed by atoms with van der Waals surface area (Å²) in [5.41, 5.74) is 2.96. The third kappa shape index (κ3) is 5.89. The summed E-state index contributed by atoms with van der Waals surface area (Å²) >= 11 is 1.83. The number of aromatic nitrogens is 1. The van der Waals surface area contributed by atoms with Crippen LogP contribution in [0, 0.1) is 12.8 Å². The van der Waals surface area contributed by atoms with Gasteiger partial charge in [0, 0.05) is 23.4 Å². The summed E-state index contributed by atoms with van der Waals surface area (Å²) in [7, 11) is 0. The van der Waals surface area contributed by atoms with E-state index in [0.717, 1.165) is 24.8 Å². The minimum absolute atomic E-state index is 0.00934. The van der Waals surface area contributed by atoms with E-state index in [1.54, 1.807) is 12.1 Å². The number of benzene rings is 1. The first-order valence-corrected chi connectivity index (χ1v) is 11.4. The van der Waals surface area contributed by atoms with Crippen molar-refractivity contribution in [3.8, 4) is 0 Å². The van der Waals surface area contributed by atoms with Crippen LogP contribution in [0.1, 0.15) is 64.6 Å². The van der Waals surface area contributed by atoms with Gasteiger partial charge < -0.3 is 10.6 Å². The Morgan fingerprint density at radius 2 is 1.86 bits per heavy atom. The number of nitrogens with zero attached hydrogens (tertiary/aromatic N) is 1. The standard InChI is InChI=1S/C23H31N3O2S/c1-15(2)21(26-22(27)17-12-10-16(3)11-13-17)23(28)24-14-6-9-20-25-18-7-4-5-8-19(18)29-20/h10-13,15,21H,4-9,14H2,1-3H3,(H,24,28)(H,26,27). The maximum Gasteiger partial charge on any atom is 0.251 e. The number of carbonyl (C=O) groups is 2. The van der Waals surface area contributed by atoms with E-state index in [0.29, 0.717) is 12.1 Å². The molecule has 156 valence electrons. The van der Waals surface area contributed by atoms with E-state index in [9.17, 15) is 9.59 Å². The third-order valence-electron chi connectivity index (χ3n) is 5.31. The van der Waals surface area contributed by atoms with Gasteiger partial charge in [-0.1, -0.05) is 31.5 Å². The van der Waals surface area contributed by atoms with Crippen LogP contribution in [-0.2, 0) is 24.1 Å². The molecule has 6 heteroatoms. The lowest BCUT2D eigenvalue weighted by Gasteiger charge is -2.21. The number of amides is 2. The largest absolute Gasteiger partial charge is 0.354 e. The van der Waals surface area contributed by atoms with Gasteiger partial charge in [-0.25, -0.2) is 4.98 Å². The zero-order valence-electron chi connectivity index (χ0n) is 17.6. The number of rotatable bonds is 8. The zero-order valence-corrected chi connectivity index (χ0v) is 18.4. The Labute approximate surface area is 177 Å². The van der Waals surface area contributed by atoms with Crippen molar-refractivity contribution < 1.29 is 9.59 Å². The van der Waals surface area contributed by atoms with Gasteiger partial charge >= 0.3 is 0 Å². The molecule has 1 aliphatic carbocycles. The molecule has 1 aromatic carbocycles. The molecule has 0 saturated carbocycles. The molecule has 1 aromatic heterocycles. The molecule has 5 nitrogen and oxygen atoms in total. The fraction of sp³-hybridized carbons (Fsp3) is 0.522. The maximum atomic E-state index is 12.6. The topological polar surface area (TPSA) is 71.1 Å². The van der Waals surface area contributed by atoms with Gasteiger partial charge in [0.2, 0.25) is 5.91 Å². The summed E-state index contributed by atoms with van der Waals surface area (Å²) in [6.07, 6.45) is 6.54. The van der Waals surface area contributed by atoms with Crippen molar-refractivity contribution in [1.82, 2.24) is 15.6 Å². The number of hydrogen-bond donors (Lipinski definition) is 2. The number of carbonyl (C=O) groups excluding carboxylic acids is 2. The Morgan fingerprint density at radius 1 is 1.14 bits per heavy atom. The van der Waals surface area contributed by atoms with Gasteiger partial charge in [0.1, 0.15) is 6.04 Å². The van der Waals surface area contributed by atoms with Gasteiger partial charge in [0.15, 0.2) is 0 Å². The second-order valence-corrected chi connectivity index (χ2v) is 9.31. The highest BCUT2D eigenvalue weighted by molar-refractivity contribution is 7.11. The molecule has 29 heavy (non-hydrogen) atoms. The molecule has 1 heterocycles. The Kier molecular flexibility index (Phi) is 7.42. The van der Waals surface area contributed by atoms with E-state index in [2.05, 4.69) is 10.6 Å². The highest BCUT2D eigenvalue weighted by atomic mass is 32.1. The molecule has 0 aliphatic heterocycles. The van der Waals surface area contributed by atoms with E-state index in [4.69, 9.17) is 4.98 Å². The number of hydrogen-bond acceptors (Lipinski definition) is 4. The predicted molar refractivity (Wildman–Crippen MR) is 117 cm³/mol. The van der Waals surface area contributed by atoms with E-state index < -0.39 is 6.04 Å². The molecule has 0 spiro atoms. The second kappa shape index (κ2) is 10.0. The monoisotopic (exact) mass is 413 g/mol. The molecule has 0 fully saturated rings. The molecule has 1 unspecified atom stereocenters. The van der Waals surface area contributed by atoms with Crippen molar-refractivity contribution in [2.75, 3.05) is 6.54 Å². The summed E-state index contributed by atoms with van der Waals surface area (Å²) in [4.78, 5) is 31.3. The molecule has 1 aliphatic rings. The zero-order chi connectivity index (χ0) is 20.8. The number of fused-ring (bicyclic) bond motifs is 1. The molecule has 2 amide bonds. The normalized spacial score (nSPS) is 14.3. The van der Waals surface area contributed by atoms with Gasteiger partial charge in [-0.3, -0.25) is 9.59 Å². The number of thiazole rings is 1. The van der Waals surface area contributed by atoms with Gasteiger partial charge in [-0.05, 0) is 57.1 Å². The average molecular weight is 414 g/mol. The fourth-order valence-electron chi connectivity index (χ4n) is 3.54. The van der Waals surface area contributed by atoms with Crippen molar-refractivity contribution in [2.24, 2.45) is 5.92 Å². The third-order valence-corrected chi connectivity index (χ3v) is 6.52. The summed E-state index contributed by atoms with van der Waals surface area (Å²) in [6, 6.07) is 6.82. The first-order valence-electron chi connectivity index (χ1n) is 10.6. The molecule has 2 N–H and O–H groups in total. The number of nitrogens with one attached hydrogen (secondary N) is 2. The summed E-state index contributed by atoms with van der Waals surface area (Å²) < 4.78 is 0. The van der Waals surface area contributed by atoms with Crippen molar-refractivity contribution in [3.05, 3.63) is 51.0 Å². The smallest absolute Gasteiger partial charge is 0.251 e. The molecule has 0 saturated heterocycles. The fourth-order valence-corrected chi connectivity index (χ4v) is 4.74. The first-order chi connectivity index (χ1) is 13.9. The van der Waals surface area contributed by atoms with Crippen molar-refractivity contribution in [1.29, 1.82) is 0 Å². The van der Waals surface area contributed by atoms with Crippen LogP contribution in [-0.4, -0.2) is 29.4 Å². The second-order valence-electron chi connectivity index (χ2n) is 8.14. The lowest BCUT2D eigenvalue weighted by Crippen LogP contribution is -2.49. The average Bonchev–Trinajstić information content (AvgIpc) is 3.12. The lowest BCUT2D eigenvalue weighted by atomic mass is 10.0. The summed E-state index contributed by atoms with van der Waals surface area (Å²) in [6.45, 7) is 6.46. The Hall–Kier alpha value is -2.21. The van der Waals surface area contributed by atoms with E-state index in [1.165, 1.54) is 34.8 Å². The van der Waals surface area contributed by atoms with E-state index in [1.807, 2.05) is 44.2 Å². The van der Waals surface area contributed by atoms with Gasteiger partial charge in [0.05, 0.1) is 10.7 Å². The highest BCUT2D eigenvalue weighted by Gasteiger charge is 2.24. The molecule has 0 bridgehead atoms. The van der Waals surface area contributed by atoms with Crippen molar-refractivity contribution in [2.45, 2.75) is 65.3 Å². The minimum atomic E-state index is -0.545. The predicted octanol–water partition coefficient (Wildman–Crippen LogP) is 3.83. The van der Waals surface area contributed by atoms with Gasteiger partial charge in [-0.2, -0.15) is 0 Å². The van der Waals surface area contributed by atoms with Crippen molar-refractivity contribution in [3.63, 3.8) is 0 Å². The van der Waals surface area contributed by atoms with Crippen molar-refractivity contribution >= 4 is 23.2 Å². The Morgan fingerprint density at radius 3 is 2.55 bits per heavy atom. The van der Waals surface area contributed by atoms with Crippen LogP contribution in [0.3, 0.4) is 0 Å². The van der Waals surface area contributed by atoms with Crippen LogP contribution in [0.15, 0.2) is 24.3 Å². The quantitative estimate of drug-likeness (QED) is 0.646. The molecule has 1 atom stereocenters. The van der Waals surface area contributed by atoms with E-state index in [-0.39, 0.29) is 17.7 Å². The molecule has 2 aromatic rings. The van der Waals surface area contributed by atoms with Crippen LogP contribution < -0.4 is 10.6 Å². The van der Waals surface area contributed by atoms with Gasteiger partial charge in [-0.15, -0.1) is 11.3 Å².